The van der Waals surface area contributed by atoms with E-state index in [0.717, 1.165) is 10.0 Å². The Morgan fingerprint density at radius 3 is 2.33 bits per heavy atom. The Labute approximate surface area is 199 Å². The van der Waals surface area contributed by atoms with Gasteiger partial charge < -0.3 is 15.0 Å². The fourth-order valence-electron chi connectivity index (χ4n) is 2.66. The quantitative estimate of drug-likeness (QED) is 0.481. The van der Waals surface area contributed by atoms with Crippen molar-refractivity contribution < 1.29 is 14.3 Å². The zero-order valence-electron chi connectivity index (χ0n) is 17.3. The maximum Gasteiger partial charge on any atom is 0.261 e. The predicted octanol–water partition coefficient (Wildman–Crippen LogP) is 5.58. The number of nitrogens with one attached hydrogen (secondary N) is 1. The van der Waals surface area contributed by atoms with E-state index in [1.54, 1.807) is 25.1 Å². The molecule has 0 unspecified atom stereocenters. The van der Waals surface area contributed by atoms with E-state index in [1.807, 2.05) is 45.0 Å². The highest BCUT2D eigenvalue weighted by Gasteiger charge is 2.28. The number of amides is 2. The standard InChI is InChI=1S/C22H25Br2ClN2O3/c1-14(21(29)26-22(2,3)4)27(12-15-5-7-16(23)8-6-15)20(28)13-30-19-10-9-17(25)11-18(19)24/h5-11,14H,12-13H2,1-4H3,(H,26,29)/t14-/m0/s1. The zero-order valence-corrected chi connectivity index (χ0v) is 21.3. The third-order valence-electron chi connectivity index (χ3n) is 4.18. The molecular weight excluding hydrogens is 536 g/mol. The van der Waals surface area contributed by atoms with Crippen LogP contribution in [0.25, 0.3) is 0 Å². The molecule has 1 atom stereocenters. The van der Waals surface area contributed by atoms with Crippen molar-refractivity contribution in [3.63, 3.8) is 0 Å². The first-order chi connectivity index (χ1) is 14.0. The van der Waals surface area contributed by atoms with E-state index in [2.05, 4.69) is 37.2 Å². The van der Waals surface area contributed by atoms with Gasteiger partial charge in [-0.25, -0.2) is 0 Å². The Kier molecular flexibility index (Phi) is 8.76. The molecule has 0 fully saturated rings. The Balaban J connectivity index is 2.18. The summed E-state index contributed by atoms with van der Waals surface area (Å²) >= 11 is 12.7. The van der Waals surface area contributed by atoms with Gasteiger partial charge in [-0.2, -0.15) is 0 Å². The van der Waals surface area contributed by atoms with Gasteiger partial charge in [-0.15, -0.1) is 0 Å². The molecule has 0 saturated carbocycles. The minimum Gasteiger partial charge on any atom is -0.483 e. The highest BCUT2D eigenvalue weighted by atomic mass is 79.9. The largest absolute Gasteiger partial charge is 0.483 e. The Morgan fingerprint density at radius 1 is 1.13 bits per heavy atom. The Hall–Kier alpha value is -1.57. The predicted molar refractivity (Wildman–Crippen MR) is 127 cm³/mol. The van der Waals surface area contributed by atoms with Crippen molar-refractivity contribution in [1.82, 2.24) is 10.2 Å². The van der Waals surface area contributed by atoms with E-state index >= 15 is 0 Å². The van der Waals surface area contributed by atoms with Crippen molar-refractivity contribution in [1.29, 1.82) is 0 Å². The van der Waals surface area contributed by atoms with Crippen LogP contribution in [-0.4, -0.2) is 34.9 Å². The summed E-state index contributed by atoms with van der Waals surface area (Å²) in [5.74, 6) is -0.0138. The number of hydrogen-bond acceptors (Lipinski definition) is 3. The molecule has 2 amide bonds. The fourth-order valence-corrected chi connectivity index (χ4v) is 3.72. The topological polar surface area (TPSA) is 58.6 Å². The van der Waals surface area contributed by atoms with Crippen LogP contribution in [0.2, 0.25) is 5.02 Å². The maximum atomic E-state index is 13.0. The molecule has 0 aliphatic heterocycles. The number of hydrogen-bond donors (Lipinski definition) is 1. The van der Waals surface area contributed by atoms with Crippen LogP contribution in [0, 0.1) is 0 Å². The molecule has 2 aromatic rings. The molecule has 0 bridgehead atoms. The lowest BCUT2D eigenvalue weighted by Gasteiger charge is -2.31. The van der Waals surface area contributed by atoms with Gasteiger partial charge in [0, 0.05) is 21.6 Å². The average Bonchev–Trinajstić information content (AvgIpc) is 2.64. The van der Waals surface area contributed by atoms with Gasteiger partial charge in [-0.05, 0) is 79.5 Å². The van der Waals surface area contributed by atoms with Crippen molar-refractivity contribution in [2.24, 2.45) is 0 Å². The monoisotopic (exact) mass is 558 g/mol. The molecular formula is C22H25Br2ClN2O3. The lowest BCUT2D eigenvalue weighted by atomic mass is 10.1. The molecule has 30 heavy (non-hydrogen) atoms. The van der Waals surface area contributed by atoms with Crippen molar-refractivity contribution in [2.45, 2.75) is 45.8 Å². The van der Waals surface area contributed by atoms with E-state index in [4.69, 9.17) is 16.3 Å². The molecule has 0 heterocycles. The van der Waals surface area contributed by atoms with E-state index in [0.29, 0.717) is 15.2 Å². The van der Waals surface area contributed by atoms with Crippen LogP contribution in [0.3, 0.4) is 0 Å². The molecule has 162 valence electrons. The number of ether oxygens (including phenoxy) is 1. The highest BCUT2D eigenvalue weighted by molar-refractivity contribution is 9.10. The number of carbonyl (C=O) groups excluding carboxylic acids is 2. The molecule has 0 aliphatic carbocycles. The van der Waals surface area contributed by atoms with Gasteiger partial charge in [0.15, 0.2) is 6.61 Å². The van der Waals surface area contributed by atoms with E-state index in [-0.39, 0.29) is 25.0 Å². The Bertz CT molecular complexity index is 898. The summed E-state index contributed by atoms with van der Waals surface area (Å²) < 4.78 is 7.28. The number of benzene rings is 2. The van der Waals surface area contributed by atoms with Crippen LogP contribution >= 0.6 is 43.5 Å². The van der Waals surface area contributed by atoms with Gasteiger partial charge >= 0.3 is 0 Å². The molecule has 0 spiro atoms. The van der Waals surface area contributed by atoms with Gasteiger partial charge in [0.2, 0.25) is 5.91 Å². The summed E-state index contributed by atoms with van der Waals surface area (Å²) in [6.45, 7) is 7.51. The van der Waals surface area contributed by atoms with E-state index < -0.39 is 11.6 Å². The molecule has 2 aromatic carbocycles. The third-order valence-corrected chi connectivity index (χ3v) is 5.56. The fraction of sp³-hybridized carbons (Fsp3) is 0.364. The molecule has 8 heteroatoms. The second-order valence-corrected chi connectivity index (χ2v) is 10.1. The number of nitrogens with zero attached hydrogens (tertiary/aromatic N) is 1. The van der Waals surface area contributed by atoms with Crippen LogP contribution in [0.4, 0.5) is 0 Å². The summed E-state index contributed by atoms with van der Waals surface area (Å²) in [5, 5.41) is 3.50. The van der Waals surface area contributed by atoms with Gasteiger partial charge in [-0.3, -0.25) is 9.59 Å². The molecule has 2 rings (SSSR count). The summed E-state index contributed by atoms with van der Waals surface area (Å²) in [4.78, 5) is 27.3. The summed E-state index contributed by atoms with van der Waals surface area (Å²) in [5.41, 5.74) is 0.511. The highest BCUT2D eigenvalue weighted by Crippen LogP contribution is 2.28. The van der Waals surface area contributed by atoms with Crippen molar-refractivity contribution in [2.75, 3.05) is 6.61 Å². The van der Waals surface area contributed by atoms with Crippen molar-refractivity contribution in [3.8, 4) is 5.75 Å². The van der Waals surface area contributed by atoms with Crippen LogP contribution in [0.1, 0.15) is 33.3 Å². The normalized spacial score (nSPS) is 12.2. The molecule has 0 aliphatic rings. The average molecular weight is 561 g/mol. The summed E-state index contributed by atoms with van der Waals surface area (Å²) in [6, 6.07) is 12.0. The minimum atomic E-state index is -0.669. The molecule has 5 nitrogen and oxygen atoms in total. The van der Waals surface area contributed by atoms with E-state index in [9.17, 15) is 9.59 Å². The van der Waals surface area contributed by atoms with Crippen LogP contribution in [0.5, 0.6) is 5.75 Å². The first-order valence-electron chi connectivity index (χ1n) is 9.40. The third kappa shape index (κ3) is 7.60. The molecule has 1 N–H and O–H groups in total. The second-order valence-electron chi connectivity index (χ2n) is 7.93. The zero-order chi connectivity index (χ0) is 22.5. The van der Waals surface area contributed by atoms with Crippen LogP contribution in [0.15, 0.2) is 51.4 Å². The van der Waals surface area contributed by atoms with Crippen molar-refractivity contribution >= 4 is 55.3 Å². The van der Waals surface area contributed by atoms with Gasteiger partial charge in [-0.1, -0.05) is 39.7 Å². The molecule has 0 radical (unpaired) electrons. The number of rotatable bonds is 7. The van der Waals surface area contributed by atoms with Crippen molar-refractivity contribution in [3.05, 3.63) is 62.0 Å². The number of halogens is 3. The Morgan fingerprint density at radius 2 is 1.77 bits per heavy atom. The second kappa shape index (κ2) is 10.6. The first-order valence-corrected chi connectivity index (χ1v) is 11.4. The molecule has 0 aromatic heterocycles. The van der Waals surface area contributed by atoms with Crippen LogP contribution < -0.4 is 10.1 Å². The summed E-state index contributed by atoms with van der Waals surface area (Å²) in [6.07, 6.45) is 0. The first kappa shape index (κ1) is 24.7. The van der Waals surface area contributed by atoms with Crippen LogP contribution in [-0.2, 0) is 16.1 Å². The lowest BCUT2D eigenvalue weighted by Crippen LogP contribution is -2.53. The lowest BCUT2D eigenvalue weighted by molar-refractivity contribution is -0.142. The minimum absolute atomic E-state index is 0.204. The maximum absolute atomic E-state index is 13.0. The van der Waals surface area contributed by atoms with E-state index in [1.165, 1.54) is 4.90 Å². The van der Waals surface area contributed by atoms with Gasteiger partial charge in [0.25, 0.3) is 5.91 Å². The van der Waals surface area contributed by atoms with Gasteiger partial charge in [0.05, 0.1) is 4.47 Å². The summed E-state index contributed by atoms with van der Waals surface area (Å²) in [7, 11) is 0. The molecule has 0 saturated heterocycles. The van der Waals surface area contributed by atoms with Gasteiger partial charge in [0.1, 0.15) is 11.8 Å². The smallest absolute Gasteiger partial charge is 0.261 e. The SMILES string of the molecule is C[C@@H](C(=O)NC(C)(C)C)N(Cc1ccc(Br)cc1)C(=O)COc1ccc(Cl)cc1Br. The number of carbonyl (C=O) groups is 2.